The van der Waals surface area contributed by atoms with E-state index >= 15 is 0 Å². The van der Waals surface area contributed by atoms with Crippen molar-refractivity contribution in [1.29, 1.82) is 0 Å². The molecule has 3 heteroatoms. The van der Waals surface area contributed by atoms with Gasteiger partial charge in [0.05, 0.1) is 0 Å². The first-order valence-corrected chi connectivity index (χ1v) is 7.14. The molecule has 1 saturated heterocycles. The summed E-state index contributed by atoms with van der Waals surface area (Å²) < 4.78 is 0. The molecule has 0 radical (unpaired) electrons. The summed E-state index contributed by atoms with van der Waals surface area (Å²) in [6.45, 7) is 5.33. The Morgan fingerprint density at radius 2 is 2.05 bits per heavy atom. The van der Waals surface area contributed by atoms with E-state index in [4.69, 9.17) is 0 Å². The van der Waals surface area contributed by atoms with Gasteiger partial charge in [0, 0.05) is 25.2 Å². The number of carbonyl (C=O) groups excluding carboxylic acids is 1. The Bertz CT molecular complexity index is 427. The van der Waals surface area contributed by atoms with E-state index in [9.17, 15) is 4.79 Å². The highest BCUT2D eigenvalue weighted by atomic mass is 16.2. The zero-order chi connectivity index (χ0) is 13.8. The minimum Gasteiger partial charge on any atom is -0.315 e. The highest BCUT2D eigenvalue weighted by Crippen LogP contribution is 2.20. The quantitative estimate of drug-likeness (QED) is 0.906. The number of hydrogen-bond donors (Lipinski definition) is 1. The van der Waals surface area contributed by atoms with Gasteiger partial charge in [-0.05, 0) is 44.4 Å². The molecule has 104 valence electrons. The van der Waals surface area contributed by atoms with E-state index < -0.39 is 0 Å². The van der Waals surface area contributed by atoms with Crippen LogP contribution in [0.15, 0.2) is 24.3 Å². The number of nitrogens with zero attached hydrogens (tertiary/aromatic N) is 1. The molecule has 1 fully saturated rings. The SMILES string of the molecule is Cc1ccc(N(C)C(=O)CC2NCCCC2C)cc1. The van der Waals surface area contributed by atoms with E-state index in [0.29, 0.717) is 18.4 Å². The summed E-state index contributed by atoms with van der Waals surface area (Å²) in [6.07, 6.45) is 3.03. The van der Waals surface area contributed by atoms with Crippen LogP contribution in [0.2, 0.25) is 0 Å². The zero-order valence-corrected chi connectivity index (χ0v) is 12.1. The third-order valence-corrected chi connectivity index (χ3v) is 4.12. The molecule has 1 heterocycles. The molecule has 0 bridgehead atoms. The lowest BCUT2D eigenvalue weighted by molar-refractivity contribution is -0.119. The molecule has 2 unspecified atom stereocenters. The number of rotatable bonds is 3. The molecule has 0 spiro atoms. The Hall–Kier alpha value is -1.35. The normalized spacial score (nSPS) is 23.1. The van der Waals surface area contributed by atoms with E-state index in [1.165, 1.54) is 18.4 Å². The molecule has 1 aromatic rings. The van der Waals surface area contributed by atoms with E-state index in [0.717, 1.165) is 12.2 Å². The van der Waals surface area contributed by atoms with Crippen LogP contribution >= 0.6 is 0 Å². The molecule has 1 N–H and O–H groups in total. The molecule has 0 saturated carbocycles. The third-order valence-electron chi connectivity index (χ3n) is 4.12. The number of amides is 1. The fourth-order valence-corrected chi connectivity index (χ4v) is 2.62. The van der Waals surface area contributed by atoms with Crippen LogP contribution in [-0.4, -0.2) is 25.5 Å². The summed E-state index contributed by atoms with van der Waals surface area (Å²) in [5.74, 6) is 0.777. The minimum absolute atomic E-state index is 0.190. The first kappa shape index (κ1) is 14.1. The van der Waals surface area contributed by atoms with Crippen molar-refractivity contribution < 1.29 is 4.79 Å². The first-order valence-electron chi connectivity index (χ1n) is 7.14. The average molecular weight is 260 g/mol. The Morgan fingerprint density at radius 3 is 2.68 bits per heavy atom. The fourth-order valence-electron chi connectivity index (χ4n) is 2.62. The number of benzene rings is 1. The highest BCUT2D eigenvalue weighted by molar-refractivity contribution is 5.93. The van der Waals surface area contributed by atoms with E-state index in [1.807, 2.05) is 31.3 Å². The van der Waals surface area contributed by atoms with Crippen LogP contribution in [0.5, 0.6) is 0 Å². The molecule has 0 aromatic heterocycles. The second-order valence-corrected chi connectivity index (χ2v) is 5.67. The van der Waals surface area contributed by atoms with Crippen molar-refractivity contribution in [3.8, 4) is 0 Å². The predicted octanol–water partition coefficient (Wildman–Crippen LogP) is 2.74. The lowest BCUT2D eigenvalue weighted by atomic mass is 9.90. The van der Waals surface area contributed by atoms with Crippen LogP contribution < -0.4 is 10.2 Å². The van der Waals surface area contributed by atoms with Gasteiger partial charge in [0.1, 0.15) is 0 Å². The molecule has 1 aromatic carbocycles. The Morgan fingerprint density at radius 1 is 1.37 bits per heavy atom. The zero-order valence-electron chi connectivity index (χ0n) is 12.1. The van der Waals surface area contributed by atoms with Gasteiger partial charge in [-0.25, -0.2) is 0 Å². The number of nitrogens with one attached hydrogen (secondary N) is 1. The summed E-state index contributed by atoms with van der Waals surface area (Å²) >= 11 is 0. The van der Waals surface area contributed by atoms with E-state index in [2.05, 4.69) is 19.2 Å². The standard InChI is InChI=1S/C16H24N2O/c1-12-6-8-14(9-7-12)18(3)16(19)11-15-13(2)5-4-10-17-15/h6-9,13,15,17H,4-5,10-11H2,1-3H3. The summed E-state index contributed by atoms with van der Waals surface area (Å²) in [5.41, 5.74) is 2.19. The van der Waals surface area contributed by atoms with Gasteiger partial charge >= 0.3 is 0 Å². The number of hydrogen-bond acceptors (Lipinski definition) is 2. The minimum atomic E-state index is 0.190. The average Bonchev–Trinajstić information content (AvgIpc) is 2.41. The summed E-state index contributed by atoms with van der Waals surface area (Å²) in [5, 5.41) is 3.47. The molecule has 0 aliphatic carbocycles. The van der Waals surface area contributed by atoms with Crippen LogP contribution in [0.25, 0.3) is 0 Å². The van der Waals surface area contributed by atoms with Gasteiger partial charge in [-0.2, -0.15) is 0 Å². The van der Waals surface area contributed by atoms with Gasteiger partial charge < -0.3 is 10.2 Å². The maximum absolute atomic E-state index is 12.3. The second-order valence-electron chi connectivity index (χ2n) is 5.67. The molecular formula is C16H24N2O. The topological polar surface area (TPSA) is 32.3 Å². The second kappa shape index (κ2) is 6.20. The van der Waals surface area contributed by atoms with Crippen molar-refractivity contribution in [2.24, 2.45) is 5.92 Å². The van der Waals surface area contributed by atoms with Crippen LogP contribution in [0.1, 0.15) is 31.7 Å². The van der Waals surface area contributed by atoms with Gasteiger partial charge in [0.2, 0.25) is 5.91 Å². The van der Waals surface area contributed by atoms with Crippen LogP contribution in [0, 0.1) is 12.8 Å². The van der Waals surface area contributed by atoms with Crippen molar-refractivity contribution in [2.75, 3.05) is 18.5 Å². The maximum atomic E-state index is 12.3. The smallest absolute Gasteiger partial charge is 0.228 e. The van der Waals surface area contributed by atoms with Gasteiger partial charge in [0.25, 0.3) is 0 Å². The third kappa shape index (κ3) is 3.57. The van der Waals surface area contributed by atoms with E-state index in [-0.39, 0.29) is 5.91 Å². The molecule has 1 aliphatic rings. The van der Waals surface area contributed by atoms with Crippen molar-refractivity contribution in [1.82, 2.24) is 5.32 Å². The molecule has 1 amide bonds. The molecule has 2 atom stereocenters. The Kier molecular flexibility index (Phi) is 4.59. The van der Waals surface area contributed by atoms with Crippen LogP contribution in [0.4, 0.5) is 5.69 Å². The summed E-state index contributed by atoms with van der Waals surface area (Å²) in [4.78, 5) is 14.1. The molecular weight excluding hydrogens is 236 g/mol. The first-order chi connectivity index (χ1) is 9.08. The molecule has 1 aliphatic heterocycles. The van der Waals surface area contributed by atoms with Crippen molar-refractivity contribution >= 4 is 11.6 Å². The van der Waals surface area contributed by atoms with Gasteiger partial charge in [-0.1, -0.05) is 24.6 Å². The molecule has 2 rings (SSSR count). The van der Waals surface area contributed by atoms with Crippen LogP contribution in [0.3, 0.4) is 0 Å². The monoisotopic (exact) mass is 260 g/mol. The van der Waals surface area contributed by atoms with Crippen LogP contribution in [-0.2, 0) is 4.79 Å². The maximum Gasteiger partial charge on any atom is 0.228 e. The summed E-state index contributed by atoms with van der Waals surface area (Å²) in [7, 11) is 1.86. The molecule has 19 heavy (non-hydrogen) atoms. The van der Waals surface area contributed by atoms with Gasteiger partial charge in [-0.3, -0.25) is 4.79 Å². The number of anilines is 1. The summed E-state index contributed by atoms with van der Waals surface area (Å²) in [6, 6.07) is 8.42. The Labute approximate surface area is 116 Å². The number of piperidine rings is 1. The lowest BCUT2D eigenvalue weighted by Gasteiger charge is -2.31. The van der Waals surface area contributed by atoms with Crippen molar-refractivity contribution in [2.45, 2.75) is 39.2 Å². The lowest BCUT2D eigenvalue weighted by Crippen LogP contribution is -2.43. The predicted molar refractivity (Wildman–Crippen MR) is 79.4 cm³/mol. The van der Waals surface area contributed by atoms with E-state index in [1.54, 1.807) is 4.90 Å². The van der Waals surface area contributed by atoms with Crippen molar-refractivity contribution in [3.05, 3.63) is 29.8 Å². The highest BCUT2D eigenvalue weighted by Gasteiger charge is 2.24. The molecule has 3 nitrogen and oxygen atoms in total. The fraction of sp³-hybridized carbons (Fsp3) is 0.562. The largest absolute Gasteiger partial charge is 0.315 e. The van der Waals surface area contributed by atoms with Crippen molar-refractivity contribution in [3.63, 3.8) is 0 Å². The van der Waals surface area contributed by atoms with Gasteiger partial charge in [0.15, 0.2) is 0 Å². The number of carbonyl (C=O) groups is 1. The van der Waals surface area contributed by atoms with Gasteiger partial charge in [-0.15, -0.1) is 0 Å². The Balaban J connectivity index is 1.97. The number of aryl methyl sites for hydroxylation is 1.